The van der Waals surface area contributed by atoms with Crippen LogP contribution in [0.1, 0.15) is 18.4 Å². The second-order valence-electron chi connectivity index (χ2n) is 4.22. The van der Waals surface area contributed by atoms with Crippen molar-refractivity contribution in [3.05, 3.63) is 35.9 Å². The fourth-order valence-electron chi connectivity index (χ4n) is 1.82. The van der Waals surface area contributed by atoms with Gasteiger partial charge in [0.1, 0.15) is 6.10 Å². The van der Waals surface area contributed by atoms with Gasteiger partial charge in [0.25, 0.3) is 5.91 Å². The maximum atomic E-state index is 11.6. The number of benzene rings is 1. The predicted octanol–water partition coefficient (Wildman–Crippen LogP) is 1.21. The topological polar surface area (TPSA) is 40.5 Å². The summed E-state index contributed by atoms with van der Waals surface area (Å²) in [6.07, 6.45) is 1.50. The molecule has 1 saturated heterocycles. The highest BCUT2D eigenvalue weighted by molar-refractivity contribution is 5.81. The summed E-state index contributed by atoms with van der Waals surface area (Å²) in [5.41, 5.74) is 1.16. The molecule has 2 rings (SSSR count). The molecule has 1 atom stereocenters. The molecule has 0 radical (unpaired) electrons. The van der Waals surface area contributed by atoms with E-state index in [-0.39, 0.29) is 5.91 Å². The minimum absolute atomic E-state index is 0.109. The molecule has 1 aromatic rings. The predicted molar refractivity (Wildman–Crippen MR) is 62.0 cm³/mol. The van der Waals surface area contributed by atoms with E-state index in [9.17, 15) is 9.90 Å². The molecule has 1 amide bonds. The Kier molecular flexibility index (Phi) is 3.57. The normalized spacial score (nSPS) is 16.7. The first-order valence-corrected chi connectivity index (χ1v) is 5.78. The van der Waals surface area contributed by atoms with Crippen LogP contribution in [0.3, 0.4) is 0 Å². The maximum absolute atomic E-state index is 11.6. The van der Waals surface area contributed by atoms with Crippen LogP contribution in [-0.2, 0) is 11.2 Å². The highest BCUT2D eigenvalue weighted by Gasteiger charge is 2.25. The SMILES string of the molecule is O=C(C(O)CCc1ccccc1)N1CCC1. The van der Waals surface area contributed by atoms with E-state index in [1.807, 2.05) is 30.3 Å². The van der Waals surface area contributed by atoms with Gasteiger partial charge in [-0.1, -0.05) is 30.3 Å². The molecule has 0 spiro atoms. The van der Waals surface area contributed by atoms with Crippen molar-refractivity contribution in [2.75, 3.05) is 13.1 Å². The summed E-state index contributed by atoms with van der Waals surface area (Å²) in [5, 5.41) is 9.72. The third kappa shape index (κ3) is 2.61. The molecule has 16 heavy (non-hydrogen) atoms. The monoisotopic (exact) mass is 219 g/mol. The molecular formula is C13H17NO2. The second kappa shape index (κ2) is 5.12. The fraction of sp³-hybridized carbons (Fsp3) is 0.462. The molecule has 86 valence electrons. The Morgan fingerprint density at radius 3 is 2.56 bits per heavy atom. The zero-order valence-electron chi connectivity index (χ0n) is 9.30. The Labute approximate surface area is 95.7 Å². The molecule has 1 heterocycles. The van der Waals surface area contributed by atoms with Gasteiger partial charge in [0, 0.05) is 13.1 Å². The van der Waals surface area contributed by atoms with Crippen molar-refractivity contribution >= 4 is 5.91 Å². The highest BCUT2D eigenvalue weighted by Crippen LogP contribution is 2.11. The van der Waals surface area contributed by atoms with Crippen molar-refractivity contribution in [2.24, 2.45) is 0 Å². The molecule has 0 aliphatic carbocycles. The number of aliphatic hydroxyl groups is 1. The number of nitrogens with zero attached hydrogens (tertiary/aromatic N) is 1. The van der Waals surface area contributed by atoms with Gasteiger partial charge in [0.2, 0.25) is 0 Å². The van der Waals surface area contributed by atoms with E-state index in [0.717, 1.165) is 31.5 Å². The van der Waals surface area contributed by atoms with E-state index in [1.165, 1.54) is 0 Å². The molecule has 3 nitrogen and oxygen atoms in total. The third-order valence-electron chi connectivity index (χ3n) is 3.00. The first-order valence-electron chi connectivity index (χ1n) is 5.78. The van der Waals surface area contributed by atoms with Gasteiger partial charge < -0.3 is 10.0 Å². The highest BCUT2D eigenvalue weighted by atomic mass is 16.3. The quantitative estimate of drug-likeness (QED) is 0.827. The summed E-state index contributed by atoms with van der Waals surface area (Å²) in [7, 11) is 0. The summed E-state index contributed by atoms with van der Waals surface area (Å²) >= 11 is 0. The van der Waals surface area contributed by atoms with E-state index in [2.05, 4.69) is 0 Å². The number of aryl methyl sites for hydroxylation is 1. The minimum Gasteiger partial charge on any atom is -0.383 e. The zero-order valence-corrected chi connectivity index (χ0v) is 9.30. The van der Waals surface area contributed by atoms with Crippen LogP contribution in [-0.4, -0.2) is 35.1 Å². The molecule has 1 unspecified atom stereocenters. The van der Waals surface area contributed by atoms with Crippen LogP contribution in [0, 0.1) is 0 Å². The number of likely N-dealkylation sites (tertiary alicyclic amines) is 1. The van der Waals surface area contributed by atoms with E-state index in [4.69, 9.17) is 0 Å². The number of hydrogen-bond donors (Lipinski definition) is 1. The average Bonchev–Trinajstić information content (AvgIpc) is 2.25. The first-order chi connectivity index (χ1) is 7.77. The van der Waals surface area contributed by atoms with Crippen LogP contribution in [0.2, 0.25) is 0 Å². The van der Waals surface area contributed by atoms with Gasteiger partial charge in [0.15, 0.2) is 0 Å². The molecule has 1 N–H and O–H groups in total. The van der Waals surface area contributed by atoms with Crippen molar-refractivity contribution in [1.82, 2.24) is 4.90 Å². The Morgan fingerprint density at radius 1 is 1.31 bits per heavy atom. The van der Waals surface area contributed by atoms with Gasteiger partial charge in [-0.3, -0.25) is 4.79 Å². The molecule has 0 aromatic heterocycles. The van der Waals surface area contributed by atoms with E-state index >= 15 is 0 Å². The second-order valence-corrected chi connectivity index (χ2v) is 4.22. The number of hydrogen-bond acceptors (Lipinski definition) is 2. The number of rotatable bonds is 4. The molecule has 1 aliphatic rings. The lowest BCUT2D eigenvalue weighted by atomic mass is 10.1. The fourth-order valence-corrected chi connectivity index (χ4v) is 1.82. The Hall–Kier alpha value is -1.35. The maximum Gasteiger partial charge on any atom is 0.251 e. The van der Waals surface area contributed by atoms with Crippen LogP contribution in [0.15, 0.2) is 30.3 Å². The Morgan fingerprint density at radius 2 is 2.00 bits per heavy atom. The van der Waals surface area contributed by atoms with Gasteiger partial charge in [-0.15, -0.1) is 0 Å². The molecule has 1 aromatic carbocycles. The van der Waals surface area contributed by atoms with Gasteiger partial charge >= 0.3 is 0 Å². The van der Waals surface area contributed by atoms with Crippen molar-refractivity contribution in [1.29, 1.82) is 0 Å². The largest absolute Gasteiger partial charge is 0.383 e. The lowest BCUT2D eigenvalue weighted by Crippen LogP contribution is -2.47. The molecule has 0 bridgehead atoms. The summed E-state index contributed by atoms with van der Waals surface area (Å²) in [6, 6.07) is 9.94. The molecule has 0 saturated carbocycles. The first kappa shape index (κ1) is 11.1. The number of carbonyl (C=O) groups excluding carboxylic acids is 1. The summed E-state index contributed by atoms with van der Waals surface area (Å²) in [4.78, 5) is 13.3. The van der Waals surface area contributed by atoms with Gasteiger partial charge in [-0.25, -0.2) is 0 Å². The Balaban J connectivity index is 1.79. The van der Waals surface area contributed by atoms with Crippen molar-refractivity contribution in [2.45, 2.75) is 25.4 Å². The van der Waals surface area contributed by atoms with Crippen LogP contribution < -0.4 is 0 Å². The van der Waals surface area contributed by atoms with Crippen LogP contribution in [0.4, 0.5) is 0 Å². The lowest BCUT2D eigenvalue weighted by molar-refractivity contribution is -0.144. The average molecular weight is 219 g/mol. The van der Waals surface area contributed by atoms with Crippen molar-refractivity contribution in [3.8, 4) is 0 Å². The van der Waals surface area contributed by atoms with E-state index < -0.39 is 6.10 Å². The van der Waals surface area contributed by atoms with Crippen molar-refractivity contribution < 1.29 is 9.90 Å². The standard InChI is InChI=1S/C13H17NO2/c15-12(13(16)14-9-4-10-14)8-7-11-5-2-1-3-6-11/h1-3,5-6,12,15H,4,7-10H2. The smallest absolute Gasteiger partial charge is 0.251 e. The van der Waals surface area contributed by atoms with E-state index in [1.54, 1.807) is 4.90 Å². The number of aliphatic hydroxyl groups excluding tert-OH is 1. The van der Waals surface area contributed by atoms with Gasteiger partial charge in [-0.2, -0.15) is 0 Å². The summed E-state index contributed by atoms with van der Waals surface area (Å²) < 4.78 is 0. The molecule has 1 fully saturated rings. The van der Waals surface area contributed by atoms with Crippen LogP contribution >= 0.6 is 0 Å². The molecule has 3 heteroatoms. The summed E-state index contributed by atoms with van der Waals surface area (Å²) in [5.74, 6) is -0.109. The van der Waals surface area contributed by atoms with E-state index in [0.29, 0.717) is 6.42 Å². The van der Waals surface area contributed by atoms with Gasteiger partial charge in [0.05, 0.1) is 0 Å². The molecular weight excluding hydrogens is 202 g/mol. The summed E-state index contributed by atoms with van der Waals surface area (Å²) in [6.45, 7) is 1.61. The minimum atomic E-state index is -0.833. The number of amides is 1. The molecule has 1 aliphatic heterocycles. The van der Waals surface area contributed by atoms with Crippen LogP contribution in [0.5, 0.6) is 0 Å². The number of carbonyl (C=O) groups is 1. The Bertz CT molecular complexity index is 346. The van der Waals surface area contributed by atoms with Gasteiger partial charge in [-0.05, 0) is 24.8 Å². The lowest BCUT2D eigenvalue weighted by Gasteiger charge is -2.32. The van der Waals surface area contributed by atoms with Crippen molar-refractivity contribution in [3.63, 3.8) is 0 Å². The zero-order chi connectivity index (χ0) is 11.4. The van der Waals surface area contributed by atoms with Crippen LogP contribution in [0.25, 0.3) is 0 Å². The third-order valence-corrected chi connectivity index (χ3v) is 3.00.